The molecule has 0 bridgehead atoms. The Kier molecular flexibility index (Phi) is 6.72. The predicted octanol–water partition coefficient (Wildman–Crippen LogP) is 3.92. The van der Waals surface area contributed by atoms with E-state index in [2.05, 4.69) is 6.92 Å². The van der Waals surface area contributed by atoms with Gasteiger partial charge in [-0.3, -0.25) is 0 Å². The molecule has 0 fully saturated rings. The molecule has 0 unspecified atom stereocenters. The summed E-state index contributed by atoms with van der Waals surface area (Å²) in [5.74, 6) is -0.106. The van der Waals surface area contributed by atoms with E-state index in [-0.39, 0.29) is 0 Å². The standard InChI is InChI=1S/C16H22O3/c1-3-4-5-6-7-14-12-15(19-2)10-8-13(14)9-11-16(17)18/h8-12H,3-7H2,1-2H3,(H,17,18). The van der Waals surface area contributed by atoms with Crippen molar-refractivity contribution >= 4 is 12.0 Å². The van der Waals surface area contributed by atoms with Gasteiger partial charge in [0, 0.05) is 6.08 Å². The molecule has 1 aromatic rings. The fourth-order valence-corrected chi connectivity index (χ4v) is 1.99. The maximum Gasteiger partial charge on any atom is 0.328 e. The Bertz CT molecular complexity index is 436. The molecule has 3 heteroatoms. The highest BCUT2D eigenvalue weighted by Gasteiger charge is 2.03. The monoisotopic (exact) mass is 262 g/mol. The van der Waals surface area contributed by atoms with Gasteiger partial charge in [0.25, 0.3) is 0 Å². The van der Waals surface area contributed by atoms with Gasteiger partial charge in [0.05, 0.1) is 7.11 Å². The van der Waals surface area contributed by atoms with Gasteiger partial charge in [0.2, 0.25) is 0 Å². The van der Waals surface area contributed by atoms with Crippen LogP contribution in [0.3, 0.4) is 0 Å². The molecule has 1 N–H and O–H groups in total. The van der Waals surface area contributed by atoms with Crippen LogP contribution in [0, 0.1) is 0 Å². The number of methoxy groups -OCH3 is 1. The average molecular weight is 262 g/mol. The number of aryl methyl sites for hydroxylation is 1. The molecule has 0 heterocycles. The number of aliphatic carboxylic acids is 1. The van der Waals surface area contributed by atoms with Crippen LogP contribution in [0.1, 0.15) is 43.7 Å². The van der Waals surface area contributed by atoms with Crippen LogP contribution in [-0.4, -0.2) is 18.2 Å². The van der Waals surface area contributed by atoms with Crippen molar-refractivity contribution in [2.75, 3.05) is 7.11 Å². The van der Waals surface area contributed by atoms with Gasteiger partial charge in [-0.15, -0.1) is 0 Å². The minimum atomic E-state index is -0.923. The van der Waals surface area contributed by atoms with Crippen LogP contribution < -0.4 is 4.74 Å². The average Bonchev–Trinajstić information content (AvgIpc) is 2.41. The number of hydrogen-bond acceptors (Lipinski definition) is 2. The molecule has 0 radical (unpaired) electrons. The lowest BCUT2D eigenvalue weighted by Gasteiger charge is -2.08. The molecular weight excluding hydrogens is 240 g/mol. The lowest BCUT2D eigenvalue weighted by molar-refractivity contribution is -0.131. The molecule has 19 heavy (non-hydrogen) atoms. The third kappa shape index (κ3) is 5.60. The molecule has 1 rings (SSSR count). The van der Waals surface area contributed by atoms with E-state index in [4.69, 9.17) is 9.84 Å². The zero-order valence-electron chi connectivity index (χ0n) is 11.7. The summed E-state index contributed by atoms with van der Waals surface area (Å²) in [5.41, 5.74) is 2.10. The van der Waals surface area contributed by atoms with E-state index in [9.17, 15) is 4.79 Å². The zero-order chi connectivity index (χ0) is 14.1. The molecule has 0 saturated heterocycles. The smallest absolute Gasteiger partial charge is 0.328 e. The van der Waals surface area contributed by atoms with E-state index < -0.39 is 5.97 Å². The minimum Gasteiger partial charge on any atom is -0.497 e. The van der Waals surface area contributed by atoms with Gasteiger partial charge < -0.3 is 9.84 Å². The molecule has 0 amide bonds. The molecule has 0 saturated carbocycles. The molecule has 0 aliphatic carbocycles. The highest BCUT2D eigenvalue weighted by Crippen LogP contribution is 2.21. The van der Waals surface area contributed by atoms with E-state index in [1.54, 1.807) is 13.2 Å². The molecule has 0 aliphatic rings. The first-order valence-corrected chi connectivity index (χ1v) is 6.75. The molecule has 1 aromatic carbocycles. The zero-order valence-corrected chi connectivity index (χ0v) is 11.7. The lowest BCUT2D eigenvalue weighted by Crippen LogP contribution is -1.94. The second kappa shape index (κ2) is 8.35. The molecule has 0 aliphatic heterocycles. The quantitative estimate of drug-likeness (QED) is 0.570. The molecule has 0 atom stereocenters. The van der Waals surface area contributed by atoms with Gasteiger partial charge in [0.1, 0.15) is 5.75 Å². The van der Waals surface area contributed by atoms with E-state index in [1.807, 2.05) is 18.2 Å². The fraction of sp³-hybridized carbons (Fsp3) is 0.438. The minimum absolute atomic E-state index is 0.818. The second-order valence-electron chi connectivity index (χ2n) is 4.55. The lowest BCUT2D eigenvalue weighted by atomic mass is 10.00. The Morgan fingerprint density at radius 3 is 2.74 bits per heavy atom. The van der Waals surface area contributed by atoms with Crippen molar-refractivity contribution in [3.63, 3.8) is 0 Å². The summed E-state index contributed by atoms with van der Waals surface area (Å²) in [5, 5.41) is 8.70. The number of carboxylic acids is 1. The van der Waals surface area contributed by atoms with E-state index >= 15 is 0 Å². The highest BCUT2D eigenvalue weighted by atomic mass is 16.5. The summed E-state index contributed by atoms with van der Waals surface area (Å²) in [6.07, 6.45) is 8.56. The Labute approximate surface area is 114 Å². The molecule has 104 valence electrons. The summed E-state index contributed by atoms with van der Waals surface area (Å²) in [4.78, 5) is 10.6. The number of rotatable bonds is 8. The second-order valence-corrected chi connectivity index (χ2v) is 4.55. The summed E-state index contributed by atoms with van der Waals surface area (Å²) in [7, 11) is 1.64. The number of carbonyl (C=O) groups is 1. The summed E-state index contributed by atoms with van der Waals surface area (Å²) in [6.45, 7) is 2.19. The van der Waals surface area contributed by atoms with Crippen LogP contribution in [0.5, 0.6) is 5.75 Å². The van der Waals surface area contributed by atoms with Crippen LogP contribution >= 0.6 is 0 Å². The van der Waals surface area contributed by atoms with Crippen molar-refractivity contribution in [2.45, 2.75) is 39.0 Å². The summed E-state index contributed by atoms with van der Waals surface area (Å²) in [6, 6.07) is 5.76. The fourth-order valence-electron chi connectivity index (χ4n) is 1.99. The Hall–Kier alpha value is -1.77. The van der Waals surface area contributed by atoms with E-state index in [0.717, 1.165) is 29.7 Å². The van der Waals surface area contributed by atoms with Crippen LogP contribution in [-0.2, 0) is 11.2 Å². The molecular formula is C16H22O3. The largest absolute Gasteiger partial charge is 0.497 e. The Morgan fingerprint density at radius 2 is 2.11 bits per heavy atom. The Balaban J connectivity index is 2.80. The predicted molar refractivity (Wildman–Crippen MR) is 77.5 cm³/mol. The van der Waals surface area contributed by atoms with Crippen LogP contribution in [0.15, 0.2) is 24.3 Å². The van der Waals surface area contributed by atoms with Gasteiger partial charge in [-0.2, -0.15) is 0 Å². The maximum absolute atomic E-state index is 10.6. The molecule has 3 nitrogen and oxygen atoms in total. The Morgan fingerprint density at radius 1 is 1.32 bits per heavy atom. The SMILES string of the molecule is CCCCCCc1cc(OC)ccc1C=CC(=O)O. The van der Waals surface area contributed by atoms with Gasteiger partial charge in [0.15, 0.2) is 0 Å². The first-order chi connectivity index (χ1) is 9.17. The highest BCUT2D eigenvalue weighted by molar-refractivity contribution is 5.85. The van der Waals surface area contributed by atoms with Crippen LogP contribution in [0.25, 0.3) is 6.08 Å². The number of benzene rings is 1. The van der Waals surface area contributed by atoms with Crippen molar-refractivity contribution < 1.29 is 14.6 Å². The normalized spacial score (nSPS) is 10.8. The van der Waals surface area contributed by atoms with Crippen molar-refractivity contribution in [2.24, 2.45) is 0 Å². The summed E-state index contributed by atoms with van der Waals surface area (Å²) < 4.78 is 5.22. The van der Waals surface area contributed by atoms with Gasteiger partial charge in [-0.25, -0.2) is 4.79 Å². The van der Waals surface area contributed by atoms with Crippen LogP contribution in [0.4, 0.5) is 0 Å². The summed E-state index contributed by atoms with van der Waals surface area (Å²) >= 11 is 0. The van der Waals surface area contributed by atoms with Gasteiger partial charge in [-0.05, 0) is 42.2 Å². The molecule has 0 spiro atoms. The first kappa shape index (κ1) is 15.3. The van der Waals surface area contributed by atoms with Crippen molar-refractivity contribution in [3.8, 4) is 5.75 Å². The first-order valence-electron chi connectivity index (χ1n) is 6.75. The van der Waals surface area contributed by atoms with Crippen LogP contribution in [0.2, 0.25) is 0 Å². The van der Waals surface area contributed by atoms with E-state index in [1.165, 1.54) is 25.3 Å². The number of hydrogen-bond donors (Lipinski definition) is 1. The third-order valence-corrected chi connectivity index (χ3v) is 3.06. The third-order valence-electron chi connectivity index (χ3n) is 3.06. The van der Waals surface area contributed by atoms with Crippen molar-refractivity contribution in [1.29, 1.82) is 0 Å². The number of unbranched alkanes of at least 4 members (excludes halogenated alkanes) is 3. The number of carboxylic acid groups (broad SMARTS) is 1. The van der Waals surface area contributed by atoms with Gasteiger partial charge >= 0.3 is 5.97 Å². The number of ether oxygens (including phenoxy) is 1. The van der Waals surface area contributed by atoms with Crippen molar-refractivity contribution in [1.82, 2.24) is 0 Å². The maximum atomic E-state index is 10.6. The topological polar surface area (TPSA) is 46.5 Å². The van der Waals surface area contributed by atoms with E-state index in [0.29, 0.717) is 0 Å². The van der Waals surface area contributed by atoms with Gasteiger partial charge in [-0.1, -0.05) is 32.3 Å². The van der Waals surface area contributed by atoms with Crippen molar-refractivity contribution in [3.05, 3.63) is 35.4 Å². The molecule has 0 aromatic heterocycles.